The Labute approximate surface area is 133 Å². The van der Waals surface area contributed by atoms with Crippen LogP contribution in [0.1, 0.15) is 19.4 Å². The van der Waals surface area contributed by atoms with Crippen LogP contribution in [-0.4, -0.2) is 25.7 Å². The summed E-state index contributed by atoms with van der Waals surface area (Å²) < 4.78 is 5.69. The summed E-state index contributed by atoms with van der Waals surface area (Å²) in [6.07, 6.45) is 1.27. The van der Waals surface area contributed by atoms with Crippen molar-refractivity contribution in [1.82, 2.24) is 5.32 Å². The molecule has 0 saturated heterocycles. The predicted molar refractivity (Wildman–Crippen MR) is 93.7 cm³/mol. The van der Waals surface area contributed by atoms with Gasteiger partial charge in [-0.3, -0.25) is 0 Å². The van der Waals surface area contributed by atoms with Gasteiger partial charge in [0.15, 0.2) is 0 Å². The third kappa shape index (κ3) is 6.19. The van der Waals surface area contributed by atoms with Crippen molar-refractivity contribution < 1.29 is 4.74 Å². The van der Waals surface area contributed by atoms with Crippen molar-refractivity contribution in [3.8, 4) is 5.75 Å². The van der Waals surface area contributed by atoms with E-state index in [2.05, 4.69) is 47.0 Å². The lowest BCUT2D eigenvalue weighted by molar-refractivity contribution is 0.242. The molecule has 0 aromatic heterocycles. The molecule has 0 fully saturated rings. The first-order valence-corrected chi connectivity index (χ1v) is 7.99. The topological polar surface area (TPSA) is 33.3 Å². The molecular formula is C19H26N2O. The summed E-state index contributed by atoms with van der Waals surface area (Å²) >= 11 is 0. The van der Waals surface area contributed by atoms with Crippen LogP contribution in [0.15, 0.2) is 54.6 Å². The van der Waals surface area contributed by atoms with Crippen LogP contribution < -0.4 is 15.4 Å². The van der Waals surface area contributed by atoms with E-state index in [1.165, 1.54) is 5.56 Å². The summed E-state index contributed by atoms with van der Waals surface area (Å²) in [6, 6.07) is 18.7. The standard InChI is InChI=1S/C19H26N2O/c1-16(2)22-19-10-6-9-18(15-19)21-14-13-20-12-11-17-7-4-3-5-8-17/h3-10,15-16,20-21H,11-14H2,1-2H3. The van der Waals surface area contributed by atoms with Crippen molar-refractivity contribution in [2.24, 2.45) is 0 Å². The molecule has 118 valence electrons. The molecule has 0 heterocycles. The highest BCUT2D eigenvalue weighted by molar-refractivity contribution is 5.48. The molecule has 2 rings (SSSR count). The van der Waals surface area contributed by atoms with E-state index in [0.29, 0.717) is 0 Å². The van der Waals surface area contributed by atoms with Crippen molar-refractivity contribution in [2.75, 3.05) is 25.0 Å². The van der Waals surface area contributed by atoms with Gasteiger partial charge in [-0.2, -0.15) is 0 Å². The van der Waals surface area contributed by atoms with Gasteiger partial charge in [-0.15, -0.1) is 0 Å². The van der Waals surface area contributed by atoms with Crippen LogP contribution in [0, 0.1) is 0 Å². The van der Waals surface area contributed by atoms with Gasteiger partial charge >= 0.3 is 0 Å². The van der Waals surface area contributed by atoms with Crippen molar-refractivity contribution in [1.29, 1.82) is 0 Å². The Morgan fingerprint density at radius 3 is 2.50 bits per heavy atom. The molecule has 0 radical (unpaired) electrons. The first kappa shape index (κ1) is 16.4. The molecule has 3 nitrogen and oxygen atoms in total. The molecule has 0 aliphatic heterocycles. The van der Waals surface area contributed by atoms with Gasteiger partial charge in [0.2, 0.25) is 0 Å². The minimum Gasteiger partial charge on any atom is -0.491 e. The van der Waals surface area contributed by atoms with Crippen molar-refractivity contribution >= 4 is 5.69 Å². The fraction of sp³-hybridized carbons (Fsp3) is 0.368. The minimum absolute atomic E-state index is 0.204. The van der Waals surface area contributed by atoms with Gasteiger partial charge in [0.05, 0.1) is 6.10 Å². The monoisotopic (exact) mass is 298 g/mol. The smallest absolute Gasteiger partial charge is 0.121 e. The lowest BCUT2D eigenvalue weighted by atomic mass is 10.1. The third-order valence-corrected chi connectivity index (χ3v) is 3.27. The van der Waals surface area contributed by atoms with Crippen LogP contribution in [0.4, 0.5) is 5.69 Å². The zero-order chi connectivity index (χ0) is 15.6. The molecule has 22 heavy (non-hydrogen) atoms. The van der Waals surface area contributed by atoms with Gasteiger partial charge in [0.1, 0.15) is 5.75 Å². The number of anilines is 1. The molecule has 0 saturated carbocycles. The van der Waals surface area contributed by atoms with Gasteiger partial charge in [-0.25, -0.2) is 0 Å². The highest BCUT2D eigenvalue weighted by Gasteiger charge is 1.99. The molecule has 3 heteroatoms. The SMILES string of the molecule is CC(C)Oc1cccc(NCCNCCc2ccccc2)c1. The molecule has 2 aromatic rings. The van der Waals surface area contributed by atoms with Crippen molar-refractivity contribution in [3.05, 3.63) is 60.2 Å². The summed E-state index contributed by atoms with van der Waals surface area (Å²) in [5.41, 5.74) is 2.48. The Kier molecular flexibility index (Phi) is 6.78. The normalized spacial score (nSPS) is 10.7. The minimum atomic E-state index is 0.204. The second-order valence-corrected chi connectivity index (χ2v) is 5.61. The Hall–Kier alpha value is -2.00. The lowest BCUT2D eigenvalue weighted by Crippen LogP contribution is -2.24. The molecule has 0 aliphatic carbocycles. The maximum atomic E-state index is 5.69. The number of hydrogen-bond acceptors (Lipinski definition) is 3. The van der Waals surface area contributed by atoms with Crippen LogP contribution in [0.5, 0.6) is 5.75 Å². The van der Waals surface area contributed by atoms with E-state index in [1.807, 2.05) is 32.0 Å². The highest BCUT2D eigenvalue weighted by atomic mass is 16.5. The second kappa shape index (κ2) is 9.11. The molecule has 0 spiro atoms. The first-order valence-electron chi connectivity index (χ1n) is 7.99. The Morgan fingerprint density at radius 2 is 1.73 bits per heavy atom. The molecule has 0 atom stereocenters. The largest absolute Gasteiger partial charge is 0.491 e. The third-order valence-electron chi connectivity index (χ3n) is 3.27. The highest BCUT2D eigenvalue weighted by Crippen LogP contribution is 2.18. The van der Waals surface area contributed by atoms with Crippen LogP contribution >= 0.6 is 0 Å². The van der Waals surface area contributed by atoms with E-state index in [-0.39, 0.29) is 6.10 Å². The van der Waals surface area contributed by atoms with E-state index >= 15 is 0 Å². The van der Waals surface area contributed by atoms with Crippen LogP contribution in [0.25, 0.3) is 0 Å². The molecule has 0 bridgehead atoms. The fourth-order valence-corrected chi connectivity index (χ4v) is 2.25. The van der Waals surface area contributed by atoms with Gasteiger partial charge in [-0.1, -0.05) is 36.4 Å². The summed E-state index contributed by atoms with van der Waals surface area (Å²) in [5.74, 6) is 0.914. The zero-order valence-corrected chi connectivity index (χ0v) is 13.5. The van der Waals surface area contributed by atoms with Crippen LogP contribution in [0.2, 0.25) is 0 Å². The van der Waals surface area contributed by atoms with E-state index in [0.717, 1.165) is 37.5 Å². The molecule has 0 aliphatic rings. The average Bonchev–Trinajstić information content (AvgIpc) is 2.51. The number of nitrogens with one attached hydrogen (secondary N) is 2. The molecule has 2 N–H and O–H groups in total. The quantitative estimate of drug-likeness (QED) is 0.692. The van der Waals surface area contributed by atoms with Gasteiger partial charge in [0, 0.05) is 24.8 Å². The lowest BCUT2D eigenvalue weighted by Gasteiger charge is -2.12. The van der Waals surface area contributed by atoms with E-state index in [4.69, 9.17) is 4.74 Å². The van der Waals surface area contributed by atoms with Crippen LogP contribution in [0.3, 0.4) is 0 Å². The number of hydrogen-bond donors (Lipinski definition) is 2. The summed E-state index contributed by atoms with van der Waals surface area (Å²) in [4.78, 5) is 0. The molecule has 2 aromatic carbocycles. The summed E-state index contributed by atoms with van der Waals surface area (Å²) in [5, 5.41) is 6.87. The van der Waals surface area contributed by atoms with Gasteiger partial charge < -0.3 is 15.4 Å². The number of benzene rings is 2. The zero-order valence-electron chi connectivity index (χ0n) is 13.5. The van der Waals surface area contributed by atoms with Gasteiger partial charge in [-0.05, 0) is 44.5 Å². The van der Waals surface area contributed by atoms with Crippen molar-refractivity contribution in [3.63, 3.8) is 0 Å². The maximum absolute atomic E-state index is 5.69. The summed E-state index contributed by atoms with van der Waals surface area (Å²) in [6.45, 7) is 6.93. The van der Waals surface area contributed by atoms with E-state index in [1.54, 1.807) is 0 Å². The Morgan fingerprint density at radius 1 is 0.909 bits per heavy atom. The van der Waals surface area contributed by atoms with Gasteiger partial charge in [0.25, 0.3) is 0 Å². The number of rotatable bonds is 9. The fourth-order valence-electron chi connectivity index (χ4n) is 2.25. The molecular weight excluding hydrogens is 272 g/mol. The predicted octanol–water partition coefficient (Wildman–Crippen LogP) is 3.72. The Bertz CT molecular complexity index is 540. The number of ether oxygens (including phenoxy) is 1. The van der Waals surface area contributed by atoms with E-state index in [9.17, 15) is 0 Å². The molecule has 0 amide bonds. The van der Waals surface area contributed by atoms with Crippen molar-refractivity contribution in [2.45, 2.75) is 26.4 Å². The first-order chi connectivity index (χ1) is 10.7. The van der Waals surface area contributed by atoms with Crippen LogP contribution in [-0.2, 0) is 6.42 Å². The second-order valence-electron chi connectivity index (χ2n) is 5.61. The summed E-state index contributed by atoms with van der Waals surface area (Å²) in [7, 11) is 0. The maximum Gasteiger partial charge on any atom is 0.121 e. The van der Waals surface area contributed by atoms with E-state index < -0.39 is 0 Å². The Balaban J connectivity index is 1.62. The molecule has 0 unspecified atom stereocenters. The average molecular weight is 298 g/mol.